The van der Waals surface area contributed by atoms with Gasteiger partial charge in [0.2, 0.25) is 0 Å². The second-order valence-corrected chi connectivity index (χ2v) is 7.92. The van der Waals surface area contributed by atoms with Gasteiger partial charge in [0.15, 0.2) is 0 Å². The first-order chi connectivity index (χ1) is 14.4. The van der Waals surface area contributed by atoms with Crippen molar-refractivity contribution in [3.05, 3.63) is 74.3 Å². The largest absolute Gasteiger partial charge is 0.307 e. The first-order valence-corrected chi connectivity index (χ1v) is 10.3. The molecule has 0 unspecified atom stereocenters. The van der Waals surface area contributed by atoms with Crippen LogP contribution >= 0.6 is 0 Å². The van der Waals surface area contributed by atoms with Gasteiger partial charge in [-0.2, -0.15) is 0 Å². The molecule has 2 aromatic carbocycles. The Kier molecular flexibility index (Phi) is 4.03. The predicted octanol–water partition coefficient (Wildman–Crippen LogP) is 4.67. The van der Waals surface area contributed by atoms with Crippen molar-refractivity contribution in [2.75, 3.05) is 0 Å². The van der Waals surface area contributed by atoms with Crippen molar-refractivity contribution in [1.82, 2.24) is 14.1 Å². The number of fused-ring (bicyclic) bond motifs is 6. The topological polar surface area (TPSA) is 56.9 Å². The van der Waals surface area contributed by atoms with Crippen molar-refractivity contribution in [3.63, 3.8) is 0 Å². The maximum Gasteiger partial charge on any atom is 0.277 e. The molecule has 3 heterocycles. The first-order valence-electron chi connectivity index (χ1n) is 10.3. The minimum absolute atomic E-state index is 0.155. The lowest BCUT2D eigenvalue weighted by Crippen LogP contribution is -2.24. The fourth-order valence-electron chi connectivity index (χ4n) is 4.55. The molecule has 0 aliphatic carbocycles. The van der Waals surface area contributed by atoms with Gasteiger partial charge in [-0.1, -0.05) is 23.3 Å². The molecule has 0 saturated heterocycles. The number of benzene rings is 2. The summed E-state index contributed by atoms with van der Waals surface area (Å²) >= 11 is 0. The Labute approximate surface area is 173 Å². The Morgan fingerprint density at radius 2 is 1.10 bits per heavy atom. The van der Waals surface area contributed by atoms with Crippen LogP contribution in [0, 0.1) is 13.8 Å². The molecule has 3 aromatic heterocycles. The number of aryl methyl sites for hydroxylation is 4. The summed E-state index contributed by atoms with van der Waals surface area (Å²) in [5, 5.41) is 3.57. The molecule has 5 nitrogen and oxygen atoms in total. The van der Waals surface area contributed by atoms with Gasteiger partial charge in [0.05, 0.1) is 11.0 Å². The van der Waals surface area contributed by atoms with Crippen LogP contribution in [0.1, 0.15) is 25.0 Å². The van der Waals surface area contributed by atoms with Crippen molar-refractivity contribution >= 4 is 43.6 Å². The van der Waals surface area contributed by atoms with Gasteiger partial charge in [-0.25, -0.2) is 4.98 Å². The molecule has 0 spiro atoms. The first kappa shape index (κ1) is 18.6. The molecule has 0 saturated carbocycles. The van der Waals surface area contributed by atoms with Gasteiger partial charge in [0.25, 0.3) is 11.1 Å². The SMILES string of the molecule is CCn1c(=O)c2nc3c(=O)n(CC)c4ccc(C)cc4c3cc2c2cc(C)ccc21. The molecular weight excluding hydrogens is 374 g/mol. The van der Waals surface area contributed by atoms with Crippen molar-refractivity contribution in [1.29, 1.82) is 0 Å². The summed E-state index contributed by atoms with van der Waals surface area (Å²) in [4.78, 5) is 31.2. The van der Waals surface area contributed by atoms with Crippen LogP contribution < -0.4 is 11.1 Å². The van der Waals surface area contributed by atoms with Gasteiger partial charge in [0, 0.05) is 34.6 Å². The number of pyridine rings is 3. The zero-order chi connectivity index (χ0) is 21.2. The second-order valence-electron chi connectivity index (χ2n) is 7.92. The maximum absolute atomic E-state index is 13.3. The zero-order valence-corrected chi connectivity index (χ0v) is 17.6. The molecule has 0 aliphatic heterocycles. The van der Waals surface area contributed by atoms with Crippen molar-refractivity contribution in [2.45, 2.75) is 40.8 Å². The summed E-state index contributed by atoms with van der Waals surface area (Å²) in [5.41, 5.74) is 4.42. The normalized spacial score (nSPS) is 11.9. The molecule has 5 aromatic rings. The van der Waals surface area contributed by atoms with Gasteiger partial charge in [-0.3, -0.25) is 9.59 Å². The molecule has 0 bridgehead atoms. The Balaban J connectivity index is 2.13. The molecule has 0 N–H and O–H groups in total. The third-order valence-corrected chi connectivity index (χ3v) is 6.02. The second kappa shape index (κ2) is 6.52. The molecule has 0 fully saturated rings. The third kappa shape index (κ3) is 2.45. The Bertz CT molecular complexity index is 1510. The molecule has 0 amide bonds. The van der Waals surface area contributed by atoms with Crippen LogP contribution in [0.5, 0.6) is 0 Å². The highest BCUT2D eigenvalue weighted by Gasteiger charge is 2.17. The van der Waals surface area contributed by atoms with E-state index in [9.17, 15) is 9.59 Å². The summed E-state index contributed by atoms with van der Waals surface area (Å²) in [5.74, 6) is 0. The third-order valence-electron chi connectivity index (χ3n) is 6.02. The molecule has 5 heteroatoms. The molecule has 0 aliphatic rings. The number of hydrogen-bond acceptors (Lipinski definition) is 3. The fraction of sp³-hybridized carbons (Fsp3) is 0.240. The lowest BCUT2D eigenvalue weighted by molar-refractivity contribution is 0.761. The van der Waals surface area contributed by atoms with Crippen LogP contribution in [0.25, 0.3) is 43.6 Å². The van der Waals surface area contributed by atoms with Crippen molar-refractivity contribution < 1.29 is 0 Å². The Morgan fingerprint density at radius 3 is 1.50 bits per heavy atom. The number of rotatable bonds is 2. The van der Waals surface area contributed by atoms with E-state index in [1.165, 1.54) is 0 Å². The average molecular weight is 397 g/mol. The van der Waals surface area contributed by atoms with Crippen LogP contribution in [0.2, 0.25) is 0 Å². The highest BCUT2D eigenvalue weighted by Crippen LogP contribution is 2.29. The van der Waals surface area contributed by atoms with Crippen molar-refractivity contribution in [2.24, 2.45) is 0 Å². The van der Waals surface area contributed by atoms with Crippen LogP contribution in [0.4, 0.5) is 0 Å². The van der Waals surface area contributed by atoms with Crippen LogP contribution in [0.3, 0.4) is 0 Å². The van der Waals surface area contributed by atoms with Crippen LogP contribution in [-0.4, -0.2) is 14.1 Å². The summed E-state index contributed by atoms with van der Waals surface area (Å²) < 4.78 is 3.47. The number of nitrogens with zero attached hydrogens (tertiary/aromatic N) is 3. The molecule has 0 atom stereocenters. The highest BCUT2D eigenvalue weighted by molar-refractivity contribution is 6.13. The summed E-state index contributed by atoms with van der Waals surface area (Å²) in [6.45, 7) is 9.08. The monoisotopic (exact) mass is 397 g/mol. The summed E-state index contributed by atoms with van der Waals surface area (Å²) in [7, 11) is 0. The van der Waals surface area contributed by atoms with E-state index in [0.29, 0.717) is 24.1 Å². The van der Waals surface area contributed by atoms with E-state index in [2.05, 4.69) is 17.1 Å². The van der Waals surface area contributed by atoms with E-state index in [0.717, 1.165) is 43.7 Å². The molecule has 30 heavy (non-hydrogen) atoms. The summed E-state index contributed by atoms with van der Waals surface area (Å²) in [6, 6.07) is 14.2. The predicted molar refractivity (Wildman–Crippen MR) is 124 cm³/mol. The maximum atomic E-state index is 13.3. The molecular formula is C25H23N3O2. The Hall–Kier alpha value is -3.47. The van der Waals surface area contributed by atoms with Gasteiger partial charge < -0.3 is 9.13 Å². The van der Waals surface area contributed by atoms with E-state index in [-0.39, 0.29) is 11.1 Å². The molecule has 0 radical (unpaired) electrons. The minimum Gasteiger partial charge on any atom is -0.307 e. The van der Waals surface area contributed by atoms with E-state index in [4.69, 9.17) is 0 Å². The molecule has 5 rings (SSSR count). The highest BCUT2D eigenvalue weighted by atomic mass is 16.1. The van der Waals surface area contributed by atoms with Gasteiger partial charge >= 0.3 is 0 Å². The number of aromatic nitrogens is 3. The Morgan fingerprint density at radius 1 is 0.667 bits per heavy atom. The standard InChI is InChI=1S/C25H23N3O2/c1-5-27-20-9-7-14(3)11-16(20)18-13-19-17-12-15(4)8-10-21(17)28(6-2)25(30)23(19)26-22(18)24(27)29/h7-13H,5-6H2,1-4H3. The van der Waals surface area contributed by atoms with Crippen molar-refractivity contribution in [3.8, 4) is 0 Å². The fourth-order valence-corrected chi connectivity index (χ4v) is 4.55. The lowest BCUT2D eigenvalue weighted by Gasteiger charge is -2.15. The smallest absolute Gasteiger partial charge is 0.277 e. The lowest BCUT2D eigenvalue weighted by atomic mass is 10.0. The molecule has 150 valence electrons. The van der Waals surface area contributed by atoms with Gasteiger partial charge in [-0.05, 0) is 58.0 Å². The average Bonchev–Trinajstić information content (AvgIpc) is 2.74. The van der Waals surface area contributed by atoms with E-state index < -0.39 is 0 Å². The summed E-state index contributed by atoms with van der Waals surface area (Å²) in [6.07, 6.45) is 0. The van der Waals surface area contributed by atoms with Crippen LogP contribution in [-0.2, 0) is 13.1 Å². The van der Waals surface area contributed by atoms with Crippen LogP contribution in [0.15, 0.2) is 52.1 Å². The van der Waals surface area contributed by atoms with E-state index >= 15 is 0 Å². The zero-order valence-electron chi connectivity index (χ0n) is 17.6. The minimum atomic E-state index is -0.155. The number of hydrogen-bond donors (Lipinski definition) is 0. The quantitative estimate of drug-likeness (QED) is 0.321. The van der Waals surface area contributed by atoms with Gasteiger partial charge in [-0.15, -0.1) is 0 Å². The van der Waals surface area contributed by atoms with E-state index in [1.807, 2.05) is 58.0 Å². The van der Waals surface area contributed by atoms with E-state index in [1.54, 1.807) is 9.13 Å². The van der Waals surface area contributed by atoms with Gasteiger partial charge in [0.1, 0.15) is 11.0 Å².